The molecule has 0 saturated carbocycles. The van der Waals surface area contributed by atoms with Crippen molar-refractivity contribution in [2.75, 3.05) is 12.7 Å². The first-order valence-corrected chi connectivity index (χ1v) is 8.73. The molecule has 118 valence electrons. The maximum atomic E-state index is 11.5. The molecule has 1 atom stereocenters. The van der Waals surface area contributed by atoms with Gasteiger partial charge in [-0.05, 0) is 28.8 Å². The van der Waals surface area contributed by atoms with Crippen molar-refractivity contribution in [2.24, 2.45) is 0 Å². The van der Waals surface area contributed by atoms with Crippen LogP contribution in [0.2, 0.25) is 0 Å². The van der Waals surface area contributed by atoms with Gasteiger partial charge < -0.3 is 4.89 Å². The van der Waals surface area contributed by atoms with Crippen molar-refractivity contribution in [3.8, 4) is 0 Å². The van der Waals surface area contributed by atoms with Gasteiger partial charge in [0, 0.05) is 19.6 Å². The van der Waals surface area contributed by atoms with Gasteiger partial charge in [0.1, 0.15) is 6.61 Å². The largest absolute Gasteiger partial charge is 0.346 e. The van der Waals surface area contributed by atoms with E-state index in [1.165, 1.54) is 12.0 Å². The molecule has 1 N–H and O–H groups in total. The van der Waals surface area contributed by atoms with Gasteiger partial charge in [-0.1, -0.05) is 36.4 Å². The van der Waals surface area contributed by atoms with Gasteiger partial charge in [-0.3, -0.25) is 14.2 Å². The van der Waals surface area contributed by atoms with Crippen LogP contribution >= 0.6 is 8.03 Å². The van der Waals surface area contributed by atoms with Crippen LogP contribution in [0.5, 0.6) is 0 Å². The van der Waals surface area contributed by atoms with Crippen molar-refractivity contribution < 1.29 is 19.1 Å². The quantitative estimate of drug-likeness (QED) is 0.629. The van der Waals surface area contributed by atoms with Gasteiger partial charge in [-0.25, -0.2) is 5.06 Å². The zero-order valence-corrected chi connectivity index (χ0v) is 13.5. The van der Waals surface area contributed by atoms with E-state index in [0.717, 1.165) is 16.3 Å². The summed E-state index contributed by atoms with van der Waals surface area (Å²) in [7, 11) is -2.49. The van der Waals surface area contributed by atoms with Crippen molar-refractivity contribution in [1.29, 1.82) is 0 Å². The molecule has 6 heteroatoms. The Hall–Kier alpha value is -1.68. The van der Waals surface area contributed by atoms with Crippen LogP contribution in [0.25, 0.3) is 10.8 Å². The third-order valence-electron chi connectivity index (χ3n) is 3.30. The second-order valence-electron chi connectivity index (χ2n) is 5.07. The van der Waals surface area contributed by atoms with Crippen LogP contribution in [0.1, 0.15) is 18.9 Å². The summed E-state index contributed by atoms with van der Waals surface area (Å²) >= 11 is 0. The summed E-state index contributed by atoms with van der Waals surface area (Å²) in [5.74, 6) is -0.210. The molecule has 1 unspecified atom stereocenters. The number of amides is 1. The minimum atomic E-state index is -2.49. The van der Waals surface area contributed by atoms with Crippen LogP contribution in [0.15, 0.2) is 42.5 Å². The summed E-state index contributed by atoms with van der Waals surface area (Å²) < 4.78 is 10.7. The predicted molar refractivity (Wildman–Crippen MR) is 86.8 cm³/mol. The zero-order valence-electron chi connectivity index (χ0n) is 12.5. The molecule has 22 heavy (non-hydrogen) atoms. The predicted octanol–water partition coefficient (Wildman–Crippen LogP) is 2.98. The molecule has 1 amide bonds. The van der Waals surface area contributed by atoms with Crippen molar-refractivity contribution in [3.05, 3.63) is 48.0 Å². The second kappa shape index (κ2) is 8.08. The number of carbonyl (C=O) groups is 1. The molecule has 5 nitrogen and oxygen atoms in total. The highest BCUT2D eigenvalue weighted by Gasteiger charge is 2.10. The number of rotatable bonds is 7. The molecule has 0 radical (unpaired) electrons. The average molecular weight is 321 g/mol. The first kappa shape index (κ1) is 16.7. The van der Waals surface area contributed by atoms with Crippen LogP contribution in [0.3, 0.4) is 0 Å². The van der Waals surface area contributed by atoms with Crippen molar-refractivity contribution >= 4 is 24.7 Å². The molecule has 0 aliphatic rings. The minimum absolute atomic E-state index is 0.202. The van der Waals surface area contributed by atoms with Gasteiger partial charge in [0.25, 0.3) is 0 Å². The number of carbonyl (C=O) groups excluding carboxylic acids is 1. The molecule has 0 fully saturated rings. The molecule has 0 saturated heterocycles. The second-order valence-corrected chi connectivity index (χ2v) is 6.36. The van der Waals surface area contributed by atoms with Crippen LogP contribution < -0.4 is 0 Å². The Balaban J connectivity index is 1.95. The van der Waals surface area contributed by atoms with Crippen LogP contribution in [0, 0.1) is 0 Å². The Bertz CT molecular complexity index is 674. The maximum Gasteiger partial charge on any atom is 0.243 e. The summed E-state index contributed by atoms with van der Waals surface area (Å²) in [5, 5.41) is 3.53. The van der Waals surface area contributed by atoms with E-state index < -0.39 is 8.03 Å². The zero-order chi connectivity index (χ0) is 15.9. The van der Waals surface area contributed by atoms with Crippen molar-refractivity contribution in [3.63, 3.8) is 0 Å². The summed E-state index contributed by atoms with van der Waals surface area (Å²) in [5.41, 5.74) is 0.973. The number of hydroxylamine groups is 2. The van der Waals surface area contributed by atoms with E-state index in [9.17, 15) is 9.36 Å². The summed E-state index contributed by atoms with van der Waals surface area (Å²) in [6.07, 6.45) is 0.652. The van der Waals surface area contributed by atoms with E-state index in [0.29, 0.717) is 19.6 Å². The third kappa shape index (κ3) is 4.95. The van der Waals surface area contributed by atoms with Gasteiger partial charge in [-0.2, -0.15) is 0 Å². The van der Waals surface area contributed by atoms with Crippen LogP contribution in [-0.2, 0) is 20.8 Å². The van der Waals surface area contributed by atoms with Gasteiger partial charge in [0.05, 0.1) is 0 Å². The van der Waals surface area contributed by atoms with E-state index in [-0.39, 0.29) is 12.1 Å². The van der Waals surface area contributed by atoms with Gasteiger partial charge in [0.2, 0.25) is 5.91 Å². The highest BCUT2D eigenvalue weighted by Crippen LogP contribution is 2.17. The molecule has 2 aromatic carbocycles. The molecule has 0 aliphatic carbocycles. The molecule has 2 aromatic rings. The van der Waals surface area contributed by atoms with Crippen LogP contribution in [-0.4, -0.2) is 28.6 Å². The van der Waals surface area contributed by atoms with E-state index in [1.807, 2.05) is 42.5 Å². The highest BCUT2D eigenvalue weighted by molar-refractivity contribution is 7.37. The normalized spacial score (nSPS) is 12.3. The van der Waals surface area contributed by atoms with Gasteiger partial charge in [-0.15, -0.1) is 0 Å². The maximum absolute atomic E-state index is 11.5. The lowest BCUT2D eigenvalue weighted by Crippen LogP contribution is -2.30. The summed E-state index contributed by atoms with van der Waals surface area (Å²) in [6, 6.07) is 14.0. The fourth-order valence-electron chi connectivity index (χ4n) is 2.17. The Kier molecular flexibility index (Phi) is 6.13. The van der Waals surface area contributed by atoms with Gasteiger partial charge >= 0.3 is 0 Å². The number of hydrogen-bond donors (Lipinski definition) is 1. The fourth-order valence-corrected chi connectivity index (χ4v) is 2.63. The molecular weight excluding hydrogens is 301 g/mol. The Labute approximate surface area is 130 Å². The summed E-state index contributed by atoms with van der Waals surface area (Å²) in [4.78, 5) is 25.9. The minimum Gasteiger partial charge on any atom is -0.346 e. The molecule has 0 aliphatic heterocycles. The number of hydrogen-bond acceptors (Lipinski definition) is 3. The van der Waals surface area contributed by atoms with Crippen LogP contribution in [0.4, 0.5) is 0 Å². The fraction of sp³-hybridized carbons (Fsp3) is 0.312. The van der Waals surface area contributed by atoms with E-state index in [4.69, 9.17) is 9.73 Å². The molecule has 0 aromatic heterocycles. The van der Waals surface area contributed by atoms with E-state index >= 15 is 0 Å². The van der Waals surface area contributed by atoms with Crippen molar-refractivity contribution in [2.45, 2.75) is 20.0 Å². The van der Waals surface area contributed by atoms with E-state index in [1.54, 1.807) is 0 Å². The lowest BCUT2D eigenvalue weighted by atomic mass is 10.1. The monoisotopic (exact) mass is 321 g/mol. The number of benzene rings is 2. The Morgan fingerprint density at radius 2 is 1.95 bits per heavy atom. The number of fused-ring (bicyclic) bond motifs is 1. The third-order valence-corrected chi connectivity index (χ3v) is 4.09. The molecule has 0 bridgehead atoms. The highest BCUT2D eigenvalue weighted by atomic mass is 31.1. The van der Waals surface area contributed by atoms with Gasteiger partial charge in [0.15, 0.2) is 8.03 Å². The van der Waals surface area contributed by atoms with E-state index in [2.05, 4.69) is 0 Å². The topological polar surface area (TPSA) is 66.8 Å². The lowest BCUT2D eigenvalue weighted by Gasteiger charge is -2.20. The average Bonchev–Trinajstić information content (AvgIpc) is 2.49. The molecular formula is C16H20NO4P. The molecule has 0 heterocycles. The van der Waals surface area contributed by atoms with Crippen molar-refractivity contribution in [1.82, 2.24) is 5.06 Å². The molecule has 0 spiro atoms. The first-order valence-electron chi connectivity index (χ1n) is 7.17. The Morgan fingerprint density at radius 1 is 1.23 bits per heavy atom. The summed E-state index contributed by atoms with van der Waals surface area (Å²) in [6.45, 7) is 2.03. The SMILES string of the molecule is CC(=O)N(CCC[PH](=O)O)OCc1ccc2ccccc2c1. The molecule has 2 rings (SSSR count). The smallest absolute Gasteiger partial charge is 0.243 e. The standard InChI is InChI=1S/C16H20NO4P/c1-13(18)17(9-4-10-22(19)20)21-12-14-7-8-15-5-2-3-6-16(15)11-14/h2-3,5-8,11,22H,4,9-10,12H2,1H3,(H,19,20). The Morgan fingerprint density at radius 3 is 2.64 bits per heavy atom. The first-order chi connectivity index (χ1) is 10.6. The lowest BCUT2D eigenvalue weighted by molar-refractivity contribution is -0.189. The number of nitrogens with zero attached hydrogens (tertiary/aromatic N) is 1.